The van der Waals surface area contributed by atoms with Crippen molar-refractivity contribution in [3.8, 4) is 0 Å². The van der Waals surface area contributed by atoms with E-state index in [4.69, 9.17) is 0 Å². The summed E-state index contributed by atoms with van der Waals surface area (Å²) in [5, 5.41) is 3.31. The lowest BCUT2D eigenvalue weighted by atomic mass is 9.91. The first kappa shape index (κ1) is 15.4. The fourth-order valence-corrected chi connectivity index (χ4v) is 2.71. The van der Waals surface area contributed by atoms with Crippen LogP contribution in [0.15, 0.2) is 0 Å². The van der Waals surface area contributed by atoms with Crippen LogP contribution in [-0.4, -0.2) is 62.0 Å². The van der Waals surface area contributed by atoms with Crippen LogP contribution in [0.4, 0.5) is 0 Å². The minimum atomic E-state index is -0.0672. The third kappa shape index (κ3) is 4.94. The molecule has 1 rings (SSSR count). The third-order valence-corrected chi connectivity index (χ3v) is 3.56. The maximum atomic E-state index is 12.3. The molecule has 0 unspecified atom stereocenters. The van der Waals surface area contributed by atoms with E-state index in [1.54, 1.807) is 0 Å². The number of piperidine rings is 1. The van der Waals surface area contributed by atoms with Crippen LogP contribution >= 0.6 is 0 Å². The van der Waals surface area contributed by atoms with Crippen molar-refractivity contribution in [3.63, 3.8) is 0 Å². The maximum Gasteiger partial charge on any atom is 0.239 e. The van der Waals surface area contributed by atoms with Crippen LogP contribution in [0.3, 0.4) is 0 Å². The van der Waals surface area contributed by atoms with Crippen molar-refractivity contribution in [2.24, 2.45) is 11.8 Å². The zero-order chi connectivity index (χ0) is 13.7. The molecule has 0 spiro atoms. The minimum absolute atomic E-state index is 0.0672. The highest BCUT2D eigenvalue weighted by Crippen LogP contribution is 2.21. The third-order valence-electron chi connectivity index (χ3n) is 3.56. The molecule has 4 nitrogen and oxygen atoms in total. The normalized spacial score (nSPS) is 26.4. The molecule has 1 amide bonds. The van der Waals surface area contributed by atoms with Gasteiger partial charge in [-0.2, -0.15) is 0 Å². The maximum absolute atomic E-state index is 12.3. The summed E-state index contributed by atoms with van der Waals surface area (Å²) in [4.78, 5) is 16.5. The van der Waals surface area contributed by atoms with Crippen molar-refractivity contribution in [1.29, 1.82) is 0 Å². The molecule has 1 heterocycles. The second kappa shape index (κ2) is 7.10. The highest BCUT2D eigenvalue weighted by atomic mass is 16.2. The molecule has 0 aromatic rings. The van der Waals surface area contributed by atoms with E-state index in [2.05, 4.69) is 24.1 Å². The van der Waals surface area contributed by atoms with Gasteiger partial charge in [0.05, 0.1) is 6.04 Å². The van der Waals surface area contributed by atoms with Gasteiger partial charge in [0.15, 0.2) is 0 Å². The van der Waals surface area contributed by atoms with E-state index in [1.807, 2.05) is 25.9 Å². The Kier molecular flexibility index (Phi) is 6.09. The lowest BCUT2D eigenvalue weighted by Gasteiger charge is -2.36. The highest BCUT2D eigenvalue weighted by molar-refractivity contribution is 5.81. The van der Waals surface area contributed by atoms with E-state index in [0.29, 0.717) is 11.8 Å². The molecule has 0 radical (unpaired) electrons. The molecule has 0 aromatic carbocycles. The first-order chi connectivity index (χ1) is 8.40. The van der Waals surface area contributed by atoms with Gasteiger partial charge in [0.25, 0.3) is 0 Å². The number of nitrogens with one attached hydrogen (secondary N) is 1. The molecule has 106 valence electrons. The number of hydrogen-bond donors (Lipinski definition) is 1. The first-order valence-electron chi connectivity index (χ1n) is 7.07. The smallest absolute Gasteiger partial charge is 0.239 e. The average molecular weight is 255 g/mol. The lowest BCUT2D eigenvalue weighted by molar-refractivity contribution is -0.135. The molecule has 1 aliphatic heterocycles. The largest absolute Gasteiger partial charge is 0.341 e. The zero-order valence-electron chi connectivity index (χ0n) is 12.6. The van der Waals surface area contributed by atoms with Crippen molar-refractivity contribution >= 4 is 5.91 Å². The molecular weight excluding hydrogens is 226 g/mol. The summed E-state index contributed by atoms with van der Waals surface area (Å²) in [7, 11) is 4.09. The molecule has 1 saturated heterocycles. The molecule has 0 bridgehead atoms. The Balaban J connectivity index is 2.38. The summed E-state index contributed by atoms with van der Waals surface area (Å²) in [6.45, 7) is 10.1. The Morgan fingerprint density at radius 1 is 1.33 bits per heavy atom. The summed E-state index contributed by atoms with van der Waals surface area (Å²) in [6, 6.07) is -0.0672. The second-order valence-corrected chi connectivity index (χ2v) is 6.17. The van der Waals surface area contributed by atoms with Gasteiger partial charge in [-0.15, -0.1) is 0 Å². The quantitative estimate of drug-likeness (QED) is 0.797. The molecule has 18 heavy (non-hydrogen) atoms. The molecule has 1 aliphatic rings. The molecular formula is C14H29N3O. The van der Waals surface area contributed by atoms with Crippen LogP contribution in [0, 0.1) is 11.8 Å². The fraction of sp³-hybridized carbons (Fsp3) is 0.929. The van der Waals surface area contributed by atoms with Crippen LogP contribution in [0.1, 0.15) is 27.2 Å². The first-order valence-corrected chi connectivity index (χ1v) is 7.07. The van der Waals surface area contributed by atoms with E-state index in [-0.39, 0.29) is 11.9 Å². The number of likely N-dealkylation sites (tertiary alicyclic amines) is 1. The van der Waals surface area contributed by atoms with Crippen LogP contribution in [-0.2, 0) is 4.79 Å². The summed E-state index contributed by atoms with van der Waals surface area (Å²) < 4.78 is 0. The van der Waals surface area contributed by atoms with Crippen LogP contribution in [0.5, 0.6) is 0 Å². The molecule has 1 N–H and O–H groups in total. The van der Waals surface area contributed by atoms with E-state index in [1.165, 1.54) is 6.42 Å². The van der Waals surface area contributed by atoms with Crippen molar-refractivity contribution in [3.05, 3.63) is 0 Å². The summed E-state index contributed by atoms with van der Waals surface area (Å²) in [6.07, 6.45) is 1.24. The number of likely N-dealkylation sites (N-methyl/N-ethyl adjacent to an activating group) is 1. The number of rotatable bonds is 5. The van der Waals surface area contributed by atoms with Crippen molar-refractivity contribution < 1.29 is 4.79 Å². The van der Waals surface area contributed by atoms with E-state index >= 15 is 0 Å². The molecule has 1 fully saturated rings. The molecule has 0 aromatic heterocycles. The predicted molar refractivity (Wildman–Crippen MR) is 75.5 cm³/mol. The molecule has 3 atom stereocenters. The van der Waals surface area contributed by atoms with Crippen molar-refractivity contribution in [2.75, 3.05) is 40.3 Å². The van der Waals surface area contributed by atoms with Gasteiger partial charge in [-0.05, 0) is 39.3 Å². The van der Waals surface area contributed by atoms with Gasteiger partial charge >= 0.3 is 0 Å². The molecule has 0 saturated carbocycles. The SMILES string of the molecule is C[C@@H]1C[C@@H](C)CN(C(=O)[C@H](C)NCCN(C)C)C1. The van der Waals surface area contributed by atoms with Crippen molar-refractivity contribution in [2.45, 2.75) is 33.2 Å². The number of nitrogens with zero attached hydrogens (tertiary/aromatic N) is 2. The van der Waals surface area contributed by atoms with E-state index in [0.717, 1.165) is 26.2 Å². The Morgan fingerprint density at radius 2 is 1.89 bits per heavy atom. The summed E-state index contributed by atoms with van der Waals surface area (Å²) >= 11 is 0. The van der Waals surface area contributed by atoms with Crippen molar-refractivity contribution in [1.82, 2.24) is 15.1 Å². The standard InChI is InChI=1S/C14H29N3O/c1-11-8-12(2)10-17(9-11)14(18)13(3)15-6-7-16(4)5/h11-13,15H,6-10H2,1-5H3/t11-,12-,13+/m1/s1. The number of carbonyl (C=O) groups is 1. The highest BCUT2D eigenvalue weighted by Gasteiger charge is 2.27. The van der Waals surface area contributed by atoms with Gasteiger partial charge < -0.3 is 15.1 Å². The van der Waals surface area contributed by atoms with Gasteiger partial charge in [0, 0.05) is 26.2 Å². The predicted octanol–water partition coefficient (Wildman–Crippen LogP) is 1.03. The minimum Gasteiger partial charge on any atom is -0.341 e. The van der Waals surface area contributed by atoms with Gasteiger partial charge in [-0.1, -0.05) is 13.8 Å². The van der Waals surface area contributed by atoms with Crippen LogP contribution in [0.25, 0.3) is 0 Å². The topological polar surface area (TPSA) is 35.6 Å². The Hall–Kier alpha value is -0.610. The van der Waals surface area contributed by atoms with Gasteiger partial charge in [-0.3, -0.25) is 4.79 Å². The number of hydrogen-bond acceptors (Lipinski definition) is 3. The van der Waals surface area contributed by atoms with Gasteiger partial charge in [0.2, 0.25) is 5.91 Å². The monoisotopic (exact) mass is 255 g/mol. The Labute approximate surface area is 112 Å². The lowest BCUT2D eigenvalue weighted by Crippen LogP contribution is -2.50. The van der Waals surface area contributed by atoms with Crippen LogP contribution in [0.2, 0.25) is 0 Å². The number of carbonyl (C=O) groups excluding carboxylic acids is 1. The Bertz CT molecular complexity index is 258. The van der Waals surface area contributed by atoms with Gasteiger partial charge in [0.1, 0.15) is 0 Å². The zero-order valence-corrected chi connectivity index (χ0v) is 12.6. The van der Waals surface area contributed by atoms with E-state index < -0.39 is 0 Å². The molecule has 0 aliphatic carbocycles. The molecule has 4 heteroatoms. The summed E-state index contributed by atoms with van der Waals surface area (Å²) in [5.74, 6) is 1.52. The van der Waals surface area contributed by atoms with Gasteiger partial charge in [-0.25, -0.2) is 0 Å². The Morgan fingerprint density at radius 3 is 2.39 bits per heavy atom. The second-order valence-electron chi connectivity index (χ2n) is 6.17. The van der Waals surface area contributed by atoms with Crippen LogP contribution < -0.4 is 5.32 Å². The van der Waals surface area contributed by atoms with E-state index in [9.17, 15) is 4.79 Å². The average Bonchev–Trinajstić information content (AvgIpc) is 2.26. The number of amides is 1. The summed E-state index contributed by atoms with van der Waals surface area (Å²) in [5.41, 5.74) is 0. The fourth-order valence-electron chi connectivity index (χ4n) is 2.71.